The lowest BCUT2D eigenvalue weighted by molar-refractivity contribution is -0.144. The standard InChI is InChI=1S/C14H26N2O3S/c1-4-14(5-2,12(17)18)16-13(19)15-10-7-8-11(9-10)20-6-3/h10-11H,4-9H2,1-3H3,(H,17,18)(H2,15,16,19). The normalized spacial score (nSPS) is 22.6. The Hall–Kier alpha value is -0.910. The van der Waals surface area contributed by atoms with Crippen LogP contribution in [0.15, 0.2) is 0 Å². The van der Waals surface area contributed by atoms with Gasteiger partial charge in [-0.25, -0.2) is 9.59 Å². The lowest BCUT2D eigenvalue weighted by atomic mass is 9.93. The van der Waals surface area contributed by atoms with Crippen LogP contribution in [-0.2, 0) is 4.79 Å². The average Bonchev–Trinajstić information content (AvgIpc) is 2.83. The molecule has 0 heterocycles. The zero-order chi connectivity index (χ0) is 15.2. The second-order valence-corrected chi connectivity index (χ2v) is 6.86. The van der Waals surface area contributed by atoms with Crippen LogP contribution in [-0.4, -0.2) is 39.7 Å². The van der Waals surface area contributed by atoms with E-state index in [9.17, 15) is 14.7 Å². The van der Waals surface area contributed by atoms with Gasteiger partial charge in [0.15, 0.2) is 0 Å². The second-order valence-electron chi connectivity index (χ2n) is 5.28. The molecule has 6 heteroatoms. The van der Waals surface area contributed by atoms with Gasteiger partial charge in [-0.1, -0.05) is 20.8 Å². The Morgan fingerprint density at radius 2 is 1.90 bits per heavy atom. The van der Waals surface area contributed by atoms with E-state index in [-0.39, 0.29) is 12.1 Å². The summed E-state index contributed by atoms with van der Waals surface area (Å²) in [6.45, 7) is 5.70. The number of carbonyl (C=O) groups is 2. The molecule has 3 N–H and O–H groups in total. The van der Waals surface area contributed by atoms with E-state index < -0.39 is 11.5 Å². The third-order valence-corrected chi connectivity index (χ3v) is 5.32. The molecule has 0 aromatic rings. The molecule has 0 spiro atoms. The van der Waals surface area contributed by atoms with Gasteiger partial charge in [-0.2, -0.15) is 11.8 Å². The molecule has 1 fully saturated rings. The Labute approximate surface area is 125 Å². The minimum Gasteiger partial charge on any atom is -0.480 e. The summed E-state index contributed by atoms with van der Waals surface area (Å²) in [6, 6.07) is -0.192. The first kappa shape index (κ1) is 17.1. The molecule has 1 aliphatic carbocycles. The zero-order valence-electron chi connectivity index (χ0n) is 12.6. The summed E-state index contributed by atoms with van der Waals surface area (Å²) in [5, 5.41) is 15.5. The molecule has 1 aliphatic rings. The van der Waals surface area contributed by atoms with Crippen molar-refractivity contribution in [2.75, 3.05) is 5.75 Å². The molecule has 2 unspecified atom stereocenters. The van der Waals surface area contributed by atoms with Crippen molar-refractivity contribution in [3.8, 4) is 0 Å². The van der Waals surface area contributed by atoms with Gasteiger partial charge < -0.3 is 15.7 Å². The number of thioether (sulfide) groups is 1. The summed E-state index contributed by atoms with van der Waals surface area (Å²) in [4.78, 5) is 23.4. The monoisotopic (exact) mass is 302 g/mol. The summed E-state index contributed by atoms with van der Waals surface area (Å²) in [6.07, 6.45) is 3.83. The number of nitrogens with one attached hydrogen (secondary N) is 2. The van der Waals surface area contributed by atoms with Crippen molar-refractivity contribution < 1.29 is 14.7 Å². The van der Waals surface area contributed by atoms with Crippen LogP contribution in [0.25, 0.3) is 0 Å². The summed E-state index contributed by atoms with van der Waals surface area (Å²) in [5.41, 5.74) is -1.15. The number of carboxylic acids is 1. The second kappa shape index (κ2) is 7.76. The van der Waals surface area contributed by atoms with Crippen molar-refractivity contribution >= 4 is 23.8 Å². The number of amides is 2. The minimum atomic E-state index is -1.15. The number of aliphatic carboxylic acids is 1. The van der Waals surface area contributed by atoms with Gasteiger partial charge in [0.25, 0.3) is 0 Å². The summed E-state index contributed by atoms with van der Waals surface area (Å²) in [7, 11) is 0. The smallest absolute Gasteiger partial charge is 0.329 e. The van der Waals surface area contributed by atoms with Crippen LogP contribution >= 0.6 is 11.8 Å². The van der Waals surface area contributed by atoms with E-state index in [1.807, 2.05) is 11.8 Å². The van der Waals surface area contributed by atoms with Gasteiger partial charge >= 0.3 is 12.0 Å². The quantitative estimate of drug-likeness (QED) is 0.675. The molecule has 116 valence electrons. The van der Waals surface area contributed by atoms with Crippen molar-refractivity contribution in [3.63, 3.8) is 0 Å². The Kier molecular flexibility index (Phi) is 6.65. The highest BCUT2D eigenvalue weighted by Gasteiger charge is 2.37. The summed E-state index contributed by atoms with van der Waals surface area (Å²) in [5.74, 6) is 0.126. The van der Waals surface area contributed by atoms with E-state index in [2.05, 4.69) is 17.6 Å². The predicted octanol–water partition coefficient (Wildman–Crippen LogP) is 2.60. The fraction of sp³-hybridized carbons (Fsp3) is 0.857. The first-order chi connectivity index (χ1) is 9.47. The van der Waals surface area contributed by atoms with Crippen LogP contribution in [0.5, 0.6) is 0 Å². The molecule has 0 aromatic heterocycles. The molecule has 5 nitrogen and oxygen atoms in total. The molecular weight excluding hydrogens is 276 g/mol. The maximum Gasteiger partial charge on any atom is 0.329 e. The number of urea groups is 1. The number of carboxylic acid groups (broad SMARTS) is 1. The van der Waals surface area contributed by atoms with Crippen molar-refractivity contribution in [2.45, 2.75) is 69.7 Å². The maximum absolute atomic E-state index is 12.0. The molecule has 0 aliphatic heterocycles. The van der Waals surface area contributed by atoms with Gasteiger partial charge in [-0.3, -0.25) is 0 Å². The van der Waals surface area contributed by atoms with Crippen molar-refractivity contribution in [3.05, 3.63) is 0 Å². The van der Waals surface area contributed by atoms with Gasteiger partial charge in [0, 0.05) is 11.3 Å². The Morgan fingerprint density at radius 3 is 2.40 bits per heavy atom. The molecule has 1 saturated carbocycles. The zero-order valence-corrected chi connectivity index (χ0v) is 13.4. The lowest BCUT2D eigenvalue weighted by Gasteiger charge is -2.28. The molecule has 0 bridgehead atoms. The lowest BCUT2D eigenvalue weighted by Crippen LogP contribution is -2.57. The summed E-state index contributed by atoms with van der Waals surface area (Å²) < 4.78 is 0. The molecule has 0 saturated heterocycles. The SMILES string of the molecule is CCSC1CCC(NC(=O)NC(CC)(CC)C(=O)O)C1. The highest BCUT2D eigenvalue weighted by atomic mass is 32.2. The van der Waals surface area contributed by atoms with Gasteiger partial charge in [0.1, 0.15) is 5.54 Å². The van der Waals surface area contributed by atoms with Crippen LogP contribution in [0.4, 0.5) is 4.79 Å². The average molecular weight is 302 g/mol. The van der Waals surface area contributed by atoms with Crippen LogP contribution in [0, 0.1) is 0 Å². The maximum atomic E-state index is 12.0. The number of rotatable bonds is 7. The Morgan fingerprint density at radius 1 is 1.25 bits per heavy atom. The molecule has 0 aromatic carbocycles. The molecule has 0 radical (unpaired) electrons. The van der Waals surface area contributed by atoms with E-state index in [1.54, 1.807) is 13.8 Å². The van der Waals surface area contributed by atoms with Crippen LogP contribution in [0.2, 0.25) is 0 Å². The van der Waals surface area contributed by atoms with E-state index >= 15 is 0 Å². The van der Waals surface area contributed by atoms with Gasteiger partial charge in [0.05, 0.1) is 0 Å². The fourth-order valence-electron chi connectivity index (χ4n) is 2.68. The van der Waals surface area contributed by atoms with Crippen LogP contribution < -0.4 is 10.6 Å². The van der Waals surface area contributed by atoms with Crippen LogP contribution in [0.3, 0.4) is 0 Å². The Balaban J connectivity index is 2.49. The van der Waals surface area contributed by atoms with Crippen molar-refractivity contribution in [1.29, 1.82) is 0 Å². The molecule has 20 heavy (non-hydrogen) atoms. The molecular formula is C14H26N2O3S. The number of hydrogen-bond donors (Lipinski definition) is 3. The predicted molar refractivity (Wildman–Crippen MR) is 82.2 cm³/mol. The highest BCUT2D eigenvalue weighted by molar-refractivity contribution is 7.99. The Bertz CT molecular complexity index is 345. The van der Waals surface area contributed by atoms with Crippen LogP contribution in [0.1, 0.15) is 52.9 Å². The van der Waals surface area contributed by atoms with E-state index in [1.165, 1.54) is 0 Å². The topological polar surface area (TPSA) is 78.4 Å². The van der Waals surface area contributed by atoms with E-state index in [0.29, 0.717) is 18.1 Å². The third kappa shape index (κ3) is 4.30. The van der Waals surface area contributed by atoms with Gasteiger partial charge in [-0.05, 0) is 37.9 Å². The van der Waals surface area contributed by atoms with Crippen molar-refractivity contribution in [2.24, 2.45) is 0 Å². The third-order valence-electron chi connectivity index (χ3n) is 4.09. The minimum absolute atomic E-state index is 0.166. The number of hydrogen-bond acceptors (Lipinski definition) is 3. The molecule has 2 amide bonds. The highest BCUT2D eigenvalue weighted by Crippen LogP contribution is 2.29. The summed E-state index contributed by atoms with van der Waals surface area (Å²) >= 11 is 1.93. The molecule has 1 rings (SSSR count). The van der Waals surface area contributed by atoms with E-state index in [4.69, 9.17) is 0 Å². The van der Waals surface area contributed by atoms with Gasteiger partial charge in [-0.15, -0.1) is 0 Å². The van der Waals surface area contributed by atoms with E-state index in [0.717, 1.165) is 25.0 Å². The molecule has 2 atom stereocenters. The largest absolute Gasteiger partial charge is 0.480 e. The van der Waals surface area contributed by atoms with Gasteiger partial charge in [0.2, 0.25) is 0 Å². The first-order valence-electron chi connectivity index (χ1n) is 7.41. The van der Waals surface area contributed by atoms with Crippen molar-refractivity contribution in [1.82, 2.24) is 10.6 Å². The fourth-order valence-corrected chi connectivity index (χ4v) is 3.82. The number of carbonyl (C=O) groups excluding carboxylic acids is 1. The first-order valence-corrected chi connectivity index (χ1v) is 8.46.